The van der Waals surface area contributed by atoms with Crippen LogP contribution >= 0.6 is 0 Å². The van der Waals surface area contributed by atoms with E-state index in [9.17, 15) is 0 Å². The highest BCUT2D eigenvalue weighted by Crippen LogP contribution is 2.10. The second-order valence-electron chi connectivity index (χ2n) is 5.43. The van der Waals surface area contributed by atoms with Gasteiger partial charge in [0.25, 0.3) is 0 Å². The minimum absolute atomic E-state index is 0.755. The van der Waals surface area contributed by atoms with Gasteiger partial charge in [-0.25, -0.2) is 0 Å². The maximum atomic E-state index is 5.38. The van der Waals surface area contributed by atoms with E-state index in [1.165, 1.54) is 45.6 Å². The molecule has 0 amide bonds. The van der Waals surface area contributed by atoms with Gasteiger partial charge in [0.1, 0.15) is 0 Å². The largest absolute Gasteiger partial charge is 0.381 e. The number of ether oxygens (including phenoxy) is 1. The fourth-order valence-corrected chi connectivity index (χ4v) is 2.61. The molecule has 0 aliphatic carbocycles. The van der Waals surface area contributed by atoms with Crippen LogP contribution in [0.3, 0.4) is 0 Å². The highest BCUT2D eigenvalue weighted by molar-refractivity contribution is 4.70. The molecular formula is C13H27N3O. The van der Waals surface area contributed by atoms with Crippen LogP contribution in [0.1, 0.15) is 12.8 Å². The predicted molar refractivity (Wildman–Crippen MR) is 70.3 cm³/mol. The van der Waals surface area contributed by atoms with Crippen molar-refractivity contribution in [2.24, 2.45) is 5.92 Å². The van der Waals surface area contributed by atoms with Crippen LogP contribution in [0.25, 0.3) is 0 Å². The Hall–Kier alpha value is -0.160. The average Bonchev–Trinajstić information content (AvgIpc) is 2.75. The molecule has 4 heteroatoms. The molecule has 1 atom stereocenters. The molecule has 0 spiro atoms. The van der Waals surface area contributed by atoms with Gasteiger partial charge in [-0.15, -0.1) is 0 Å². The maximum Gasteiger partial charge on any atom is 0.0507 e. The molecule has 17 heavy (non-hydrogen) atoms. The molecule has 0 aromatic carbocycles. The lowest BCUT2D eigenvalue weighted by molar-refractivity contribution is 0.185. The van der Waals surface area contributed by atoms with Gasteiger partial charge in [-0.1, -0.05) is 0 Å². The first-order chi connectivity index (χ1) is 8.34. The molecule has 2 rings (SSSR count). The van der Waals surface area contributed by atoms with E-state index in [1.807, 2.05) is 0 Å². The minimum Gasteiger partial charge on any atom is -0.381 e. The number of nitrogens with one attached hydrogen (secondary N) is 1. The van der Waals surface area contributed by atoms with Crippen LogP contribution in [0.4, 0.5) is 0 Å². The second-order valence-corrected chi connectivity index (χ2v) is 5.43. The van der Waals surface area contributed by atoms with E-state index in [-0.39, 0.29) is 0 Å². The van der Waals surface area contributed by atoms with E-state index in [4.69, 9.17) is 4.74 Å². The Bertz CT molecular complexity index is 207. The van der Waals surface area contributed by atoms with Crippen molar-refractivity contribution in [3.8, 4) is 0 Å². The summed E-state index contributed by atoms with van der Waals surface area (Å²) >= 11 is 0. The third-order valence-electron chi connectivity index (χ3n) is 3.87. The van der Waals surface area contributed by atoms with Crippen molar-refractivity contribution in [3.63, 3.8) is 0 Å². The maximum absolute atomic E-state index is 5.38. The Balaban J connectivity index is 1.52. The van der Waals surface area contributed by atoms with Gasteiger partial charge in [-0.3, -0.25) is 0 Å². The quantitative estimate of drug-likeness (QED) is 0.698. The molecule has 1 unspecified atom stereocenters. The van der Waals surface area contributed by atoms with Gasteiger partial charge in [-0.2, -0.15) is 0 Å². The zero-order valence-electron chi connectivity index (χ0n) is 11.2. The SMILES string of the molecule is CN1CCCN(CCNCC2CCOC2)CC1. The molecule has 0 saturated carbocycles. The second kappa shape index (κ2) is 7.31. The first kappa shape index (κ1) is 13.3. The normalized spacial score (nSPS) is 28.4. The summed E-state index contributed by atoms with van der Waals surface area (Å²) in [7, 11) is 2.22. The van der Waals surface area contributed by atoms with Gasteiger partial charge in [0.2, 0.25) is 0 Å². The molecule has 1 N–H and O–H groups in total. The van der Waals surface area contributed by atoms with E-state index in [2.05, 4.69) is 22.2 Å². The minimum atomic E-state index is 0.755. The van der Waals surface area contributed by atoms with Gasteiger partial charge in [-0.05, 0) is 38.9 Å². The lowest BCUT2D eigenvalue weighted by atomic mass is 10.1. The predicted octanol–water partition coefficient (Wildman–Crippen LogP) is 0.250. The first-order valence-electron chi connectivity index (χ1n) is 7.04. The van der Waals surface area contributed by atoms with Gasteiger partial charge in [0.05, 0.1) is 6.61 Å². The topological polar surface area (TPSA) is 27.7 Å². The lowest BCUT2D eigenvalue weighted by Crippen LogP contribution is -2.36. The molecule has 2 saturated heterocycles. The van der Waals surface area contributed by atoms with E-state index in [0.29, 0.717) is 0 Å². The molecule has 0 aromatic rings. The van der Waals surface area contributed by atoms with Crippen LogP contribution in [0.15, 0.2) is 0 Å². The molecule has 2 aliphatic heterocycles. The highest BCUT2D eigenvalue weighted by Gasteiger charge is 2.15. The Morgan fingerprint density at radius 2 is 2.18 bits per heavy atom. The number of nitrogens with zero attached hydrogens (tertiary/aromatic N) is 2. The van der Waals surface area contributed by atoms with Crippen LogP contribution in [0, 0.1) is 5.92 Å². The lowest BCUT2D eigenvalue weighted by Gasteiger charge is -2.20. The first-order valence-corrected chi connectivity index (χ1v) is 7.04. The third-order valence-corrected chi connectivity index (χ3v) is 3.87. The fraction of sp³-hybridized carbons (Fsp3) is 1.00. The summed E-state index contributed by atoms with van der Waals surface area (Å²) in [6, 6.07) is 0. The molecule has 2 aliphatic rings. The number of hydrogen-bond donors (Lipinski definition) is 1. The number of likely N-dealkylation sites (N-methyl/N-ethyl adjacent to an activating group) is 1. The van der Waals surface area contributed by atoms with Crippen molar-refractivity contribution in [1.29, 1.82) is 0 Å². The summed E-state index contributed by atoms with van der Waals surface area (Å²) in [5.74, 6) is 0.755. The summed E-state index contributed by atoms with van der Waals surface area (Å²) in [4.78, 5) is 5.02. The molecule has 2 fully saturated rings. The van der Waals surface area contributed by atoms with Crippen molar-refractivity contribution in [3.05, 3.63) is 0 Å². The monoisotopic (exact) mass is 241 g/mol. The van der Waals surface area contributed by atoms with Crippen LogP contribution < -0.4 is 5.32 Å². The van der Waals surface area contributed by atoms with Crippen molar-refractivity contribution in [1.82, 2.24) is 15.1 Å². The van der Waals surface area contributed by atoms with E-state index in [1.54, 1.807) is 0 Å². The van der Waals surface area contributed by atoms with E-state index < -0.39 is 0 Å². The van der Waals surface area contributed by atoms with Gasteiger partial charge < -0.3 is 19.9 Å². The van der Waals surface area contributed by atoms with E-state index in [0.717, 1.165) is 32.2 Å². The zero-order chi connectivity index (χ0) is 11.9. The summed E-state index contributed by atoms with van der Waals surface area (Å²) in [5, 5.41) is 3.57. The third kappa shape index (κ3) is 4.92. The van der Waals surface area contributed by atoms with Crippen LogP contribution in [0.2, 0.25) is 0 Å². The summed E-state index contributed by atoms with van der Waals surface area (Å²) in [6.45, 7) is 10.3. The van der Waals surface area contributed by atoms with Gasteiger partial charge in [0, 0.05) is 39.3 Å². The fourth-order valence-electron chi connectivity index (χ4n) is 2.61. The Labute approximate surface area is 105 Å². The number of hydrogen-bond acceptors (Lipinski definition) is 4. The van der Waals surface area contributed by atoms with Crippen molar-refractivity contribution < 1.29 is 4.74 Å². The number of rotatable bonds is 5. The highest BCUT2D eigenvalue weighted by atomic mass is 16.5. The molecular weight excluding hydrogens is 214 g/mol. The van der Waals surface area contributed by atoms with Crippen molar-refractivity contribution in [2.75, 3.05) is 66.1 Å². The standard InChI is InChI=1S/C13H27N3O/c1-15-5-2-6-16(9-8-15)7-4-14-11-13-3-10-17-12-13/h13-14H,2-12H2,1H3. The zero-order valence-corrected chi connectivity index (χ0v) is 11.2. The van der Waals surface area contributed by atoms with E-state index >= 15 is 0 Å². The Kier molecular flexibility index (Phi) is 5.71. The van der Waals surface area contributed by atoms with Crippen molar-refractivity contribution >= 4 is 0 Å². The van der Waals surface area contributed by atoms with Crippen LogP contribution in [-0.4, -0.2) is 75.9 Å². The molecule has 0 bridgehead atoms. The summed E-state index contributed by atoms with van der Waals surface area (Å²) < 4.78 is 5.38. The Morgan fingerprint density at radius 3 is 3.00 bits per heavy atom. The van der Waals surface area contributed by atoms with Crippen molar-refractivity contribution in [2.45, 2.75) is 12.8 Å². The smallest absolute Gasteiger partial charge is 0.0507 e. The average molecular weight is 241 g/mol. The van der Waals surface area contributed by atoms with Crippen LogP contribution in [0.5, 0.6) is 0 Å². The molecule has 0 radical (unpaired) electrons. The summed E-state index contributed by atoms with van der Waals surface area (Å²) in [5.41, 5.74) is 0. The molecule has 4 nitrogen and oxygen atoms in total. The van der Waals surface area contributed by atoms with Crippen LogP contribution in [-0.2, 0) is 4.74 Å². The Morgan fingerprint density at radius 1 is 1.24 bits per heavy atom. The molecule has 0 aromatic heterocycles. The van der Waals surface area contributed by atoms with Gasteiger partial charge in [0.15, 0.2) is 0 Å². The van der Waals surface area contributed by atoms with Gasteiger partial charge >= 0.3 is 0 Å². The molecule has 100 valence electrons. The molecule has 2 heterocycles. The summed E-state index contributed by atoms with van der Waals surface area (Å²) in [6.07, 6.45) is 2.55.